The Morgan fingerprint density at radius 3 is 2.77 bits per heavy atom. The number of nitrogens with one attached hydrogen (secondary N) is 2. The van der Waals surface area contributed by atoms with E-state index in [9.17, 15) is 14.4 Å². The average Bonchev–Trinajstić information content (AvgIpc) is 2.65. The van der Waals surface area contributed by atoms with Gasteiger partial charge in [0.25, 0.3) is 11.5 Å². The number of anilines is 1. The molecule has 26 heavy (non-hydrogen) atoms. The first-order valence-electron chi connectivity index (χ1n) is 7.92. The molecule has 7 nitrogen and oxygen atoms in total. The lowest BCUT2D eigenvalue weighted by atomic mass is 10.1. The summed E-state index contributed by atoms with van der Waals surface area (Å²) in [5.74, 6) is -0.544. The highest BCUT2D eigenvalue weighted by Crippen LogP contribution is 2.15. The zero-order valence-electron chi connectivity index (χ0n) is 13.8. The first kappa shape index (κ1) is 15.8. The van der Waals surface area contributed by atoms with Gasteiger partial charge in [-0.05, 0) is 30.3 Å². The van der Waals surface area contributed by atoms with Crippen molar-refractivity contribution >= 4 is 33.4 Å². The van der Waals surface area contributed by atoms with E-state index in [4.69, 9.17) is 0 Å². The van der Waals surface area contributed by atoms with Crippen LogP contribution in [0.25, 0.3) is 21.8 Å². The van der Waals surface area contributed by atoms with Crippen molar-refractivity contribution < 1.29 is 4.79 Å². The smallest absolute Gasteiger partial charge is 0.261 e. The fraction of sp³-hybridized carbons (Fsp3) is 0.0526. The third-order valence-corrected chi connectivity index (χ3v) is 4.21. The molecule has 0 aliphatic carbocycles. The molecule has 0 saturated heterocycles. The number of aromatic nitrogens is 3. The molecule has 0 spiro atoms. The van der Waals surface area contributed by atoms with Gasteiger partial charge < -0.3 is 14.9 Å². The van der Waals surface area contributed by atoms with Crippen molar-refractivity contribution in [2.24, 2.45) is 7.05 Å². The van der Waals surface area contributed by atoms with E-state index >= 15 is 0 Å². The zero-order valence-corrected chi connectivity index (χ0v) is 13.8. The van der Waals surface area contributed by atoms with Crippen LogP contribution < -0.4 is 16.3 Å². The normalized spacial score (nSPS) is 11.0. The number of H-pyrrole nitrogens is 1. The van der Waals surface area contributed by atoms with E-state index < -0.39 is 5.91 Å². The van der Waals surface area contributed by atoms with Gasteiger partial charge in [0.2, 0.25) is 5.43 Å². The highest BCUT2D eigenvalue weighted by molar-refractivity contribution is 6.06. The van der Waals surface area contributed by atoms with Crippen molar-refractivity contribution in [2.45, 2.75) is 0 Å². The van der Waals surface area contributed by atoms with Crippen LogP contribution in [0.1, 0.15) is 10.4 Å². The van der Waals surface area contributed by atoms with Gasteiger partial charge in [-0.25, -0.2) is 4.98 Å². The number of benzene rings is 2. The predicted octanol–water partition coefficient (Wildman–Crippen LogP) is 2.03. The largest absolute Gasteiger partial charge is 0.360 e. The number of carbonyl (C=O) groups is 1. The molecule has 2 aromatic heterocycles. The summed E-state index contributed by atoms with van der Waals surface area (Å²) >= 11 is 0. The molecule has 0 aliphatic heterocycles. The Balaban J connectivity index is 1.74. The number of amides is 1. The Morgan fingerprint density at radius 1 is 1.12 bits per heavy atom. The van der Waals surface area contributed by atoms with E-state index in [1.807, 2.05) is 6.07 Å². The summed E-state index contributed by atoms with van der Waals surface area (Å²) < 4.78 is 1.36. The second kappa shape index (κ2) is 5.96. The minimum absolute atomic E-state index is 0.00267. The number of rotatable bonds is 2. The van der Waals surface area contributed by atoms with Crippen molar-refractivity contribution in [3.63, 3.8) is 0 Å². The van der Waals surface area contributed by atoms with Crippen LogP contribution in [0.15, 0.2) is 64.6 Å². The number of nitrogens with zero attached hydrogens (tertiary/aromatic N) is 2. The highest BCUT2D eigenvalue weighted by atomic mass is 16.2. The minimum Gasteiger partial charge on any atom is -0.360 e. The molecular weight excluding hydrogens is 332 g/mol. The number of carbonyl (C=O) groups excluding carboxylic acids is 1. The maximum atomic E-state index is 12.5. The van der Waals surface area contributed by atoms with Gasteiger partial charge in [-0.3, -0.25) is 14.4 Å². The lowest BCUT2D eigenvalue weighted by Gasteiger charge is -2.07. The van der Waals surface area contributed by atoms with E-state index in [0.717, 1.165) is 0 Å². The van der Waals surface area contributed by atoms with Crippen molar-refractivity contribution in [1.82, 2.24) is 14.5 Å². The lowest BCUT2D eigenvalue weighted by molar-refractivity contribution is 0.102. The summed E-state index contributed by atoms with van der Waals surface area (Å²) in [5, 5.41) is 3.50. The summed E-state index contributed by atoms with van der Waals surface area (Å²) in [4.78, 5) is 44.4. The Labute approximate surface area is 146 Å². The summed E-state index contributed by atoms with van der Waals surface area (Å²) in [6.45, 7) is 0. The molecule has 128 valence electrons. The van der Waals surface area contributed by atoms with Gasteiger partial charge in [0.05, 0.1) is 17.2 Å². The van der Waals surface area contributed by atoms with E-state index in [1.165, 1.54) is 17.1 Å². The Hall–Kier alpha value is -3.74. The Bertz CT molecular complexity index is 1290. The number of hydrogen-bond acceptors (Lipinski definition) is 4. The van der Waals surface area contributed by atoms with Gasteiger partial charge in [-0.2, -0.15) is 0 Å². The van der Waals surface area contributed by atoms with Gasteiger partial charge in [-0.1, -0.05) is 12.1 Å². The molecule has 0 unspecified atom stereocenters. The summed E-state index contributed by atoms with van der Waals surface area (Å²) in [7, 11) is 1.61. The van der Waals surface area contributed by atoms with Crippen molar-refractivity contribution in [2.75, 3.05) is 5.32 Å². The lowest BCUT2D eigenvalue weighted by Crippen LogP contribution is -2.22. The number of hydrogen-bond donors (Lipinski definition) is 2. The maximum Gasteiger partial charge on any atom is 0.261 e. The monoisotopic (exact) mass is 346 g/mol. The summed E-state index contributed by atoms with van der Waals surface area (Å²) in [5.41, 5.74) is 1.05. The minimum atomic E-state index is -0.544. The van der Waals surface area contributed by atoms with Crippen LogP contribution in [-0.4, -0.2) is 20.4 Å². The average molecular weight is 346 g/mol. The molecule has 0 atom stereocenters. The van der Waals surface area contributed by atoms with E-state index in [2.05, 4.69) is 15.3 Å². The molecular formula is C19H14N4O3. The van der Waals surface area contributed by atoms with Gasteiger partial charge >= 0.3 is 0 Å². The fourth-order valence-electron chi connectivity index (χ4n) is 2.82. The van der Waals surface area contributed by atoms with Crippen molar-refractivity contribution in [3.05, 3.63) is 81.1 Å². The Kier molecular flexibility index (Phi) is 3.62. The van der Waals surface area contributed by atoms with Crippen LogP contribution in [0.5, 0.6) is 0 Å². The van der Waals surface area contributed by atoms with Gasteiger partial charge in [0.15, 0.2) is 0 Å². The van der Waals surface area contributed by atoms with Gasteiger partial charge in [0, 0.05) is 29.8 Å². The third-order valence-electron chi connectivity index (χ3n) is 4.21. The third kappa shape index (κ3) is 2.55. The summed E-state index contributed by atoms with van der Waals surface area (Å²) in [6.07, 6.45) is 2.83. The van der Waals surface area contributed by atoms with Gasteiger partial charge in [-0.15, -0.1) is 0 Å². The molecule has 0 aliphatic rings. The molecule has 0 saturated carbocycles. The number of pyridine rings is 1. The first-order valence-corrected chi connectivity index (χ1v) is 7.92. The standard InChI is InChI=1S/C19H14N4O3/c1-23-10-21-16-7-6-11(8-13(16)19(23)26)22-18(25)14-9-20-15-5-3-2-4-12(15)17(14)24/h2-10H,1H3,(H,20,24)(H,22,25). The zero-order chi connectivity index (χ0) is 18.3. The SMILES string of the molecule is Cn1cnc2ccc(NC(=O)c3c[nH]c4ccccc4c3=O)cc2c1=O. The molecule has 4 rings (SSSR count). The van der Waals surface area contributed by atoms with Crippen molar-refractivity contribution in [3.8, 4) is 0 Å². The topological polar surface area (TPSA) is 96.8 Å². The van der Waals surface area contributed by atoms with Crippen molar-refractivity contribution in [1.29, 1.82) is 0 Å². The number of para-hydroxylation sites is 1. The van der Waals surface area contributed by atoms with E-state index in [-0.39, 0.29) is 16.6 Å². The molecule has 1 amide bonds. The molecule has 2 aromatic carbocycles. The van der Waals surface area contributed by atoms with Crippen LogP contribution in [0.3, 0.4) is 0 Å². The second-order valence-corrected chi connectivity index (χ2v) is 5.92. The fourth-order valence-corrected chi connectivity index (χ4v) is 2.82. The number of aryl methyl sites for hydroxylation is 1. The quantitative estimate of drug-likeness (QED) is 0.580. The summed E-state index contributed by atoms with van der Waals surface area (Å²) in [6, 6.07) is 11.8. The predicted molar refractivity (Wildman–Crippen MR) is 99.5 cm³/mol. The first-order chi connectivity index (χ1) is 12.5. The molecule has 0 fully saturated rings. The molecule has 2 N–H and O–H groups in total. The number of aromatic amines is 1. The highest BCUT2D eigenvalue weighted by Gasteiger charge is 2.13. The van der Waals surface area contributed by atoms with Crippen LogP contribution in [0.4, 0.5) is 5.69 Å². The Morgan fingerprint density at radius 2 is 1.92 bits per heavy atom. The molecule has 7 heteroatoms. The number of fused-ring (bicyclic) bond motifs is 2. The van der Waals surface area contributed by atoms with Gasteiger partial charge in [0.1, 0.15) is 5.56 Å². The second-order valence-electron chi connectivity index (χ2n) is 5.92. The van der Waals surface area contributed by atoms with Crippen LogP contribution >= 0.6 is 0 Å². The molecule has 2 heterocycles. The van der Waals surface area contributed by atoms with Crippen LogP contribution in [0, 0.1) is 0 Å². The van der Waals surface area contributed by atoms with Crippen LogP contribution in [0.2, 0.25) is 0 Å². The molecule has 4 aromatic rings. The van der Waals surface area contributed by atoms with E-state index in [1.54, 1.807) is 43.4 Å². The van der Waals surface area contributed by atoms with Crippen LogP contribution in [-0.2, 0) is 7.05 Å². The molecule has 0 bridgehead atoms. The maximum absolute atomic E-state index is 12.5. The van der Waals surface area contributed by atoms with E-state index in [0.29, 0.717) is 27.5 Å². The molecule has 0 radical (unpaired) electrons.